The van der Waals surface area contributed by atoms with Crippen molar-refractivity contribution in [1.82, 2.24) is 9.80 Å². The van der Waals surface area contributed by atoms with E-state index >= 15 is 0 Å². The molecule has 3 aliphatic rings. The standard InChI is InChI=1S/C31H40FN3O5/c1-30(2,3)40-29(37)34-15-11-31(12-16-34)21-35(22-31)25-17-24(32)18-27(19-25)39-26-9-13-33(14-10-26)28(36)38-20-23-7-5-4-6-8-23/h4-8,17-19,26H,9-16,20-22H2,1-3H3. The minimum absolute atomic E-state index is 0.0901. The smallest absolute Gasteiger partial charge is 0.410 e. The first-order valence-electron chi connectivity index (χ1n) is 14.2. The first-order chi connectivity index (χ1) is 19.1. The van der Waals surface area contributed by atoms with Gasteiger partial charge in [-0.2, -0.15) is 0 Å². The summed E-state index contributed by atoms with van der Waals surface area (Å²) >= 11 is 0. The zero-order valence-corrected chi connectivity index (χ0v) is 23.7. The van der Waals surface area contributed by atoms with E-state index in [1.165, 1.54) is 6.07 Å². The molecular formula is C31H40FN3O5. The highest BCUT2D eigenvalue weighted by molar-refractivity contribution is 5.68. The maximum absolute atomic E-state index is 14.6. The van der Waals surface area contributed by atoms with E-state index in [2.05, 4.69) is 4.90 Å². The Kier molecular flexibility index (Phi) is 8.10. The van der Waals surface area contributed by atoms with Gasteiger partial charge in [0.1, 0.15) is 29.9 Å². The van der Waals surface area contributed by atoms with Crippen molar-refractivity contribution in [1.29, 1.82) is 0 Å². The second-order valence-corrected chi connectivity index (χ2v) is 12.3. The maximum Gasteiger partial charge on any atom is 0.410 e. The van der Waals surface area contributed by atoms with Crippen LogP contribution in [0.4, 0.5) is 19.7 Å². The van der Waals surface area contributed by atoms with Gasteiger partial charge in [-0.1, -0.05) is 30.3 Å². The number of benzene rings is 2. The quantitative estimate of drug-likeness (QED) is 0.463. The minimum Gasteiger partial charge on any atom is -0.490 e. The topological polar surface area (TPSA) is 71.6 Å². The van der Waals surface area contributed by atoms with Crippen LogP contribution in [0.3, 0.4) is 0 Å². The highest BCUT2D eigenvalue weighted by Crippen LogP contribution is 2.43. The molecule has 0 aliphatic carbocycles. The summed E-state index contributed by atoms with van der Waals surface area (Å²) in [6.45, 7) is 9.99. The van der Waals surface area contributed by atoms with Crippen molar-refractivity contribution in [2.75, 3.05) is 44.2 Å². The van der Waals surface area contributed by atoms with Gasteiger partial charge >= 0.3 is 12.2 Å². The van der Waals surface area contributed by atoms with E-state index in [1.54, 1.807) is 15.9 Å². The Hall–Kier alpha value is -3.49. The number of carbonyl (C=O) groups excluding carboxylic acids is 2. The molecule has 9 heteroatoms. The average molecular weight is 554 g/mol. The number of piperidine rings is 2. The summed E-state index contributed by atoms with van der Waals surface area (Å²) in [5, 5.41) is 0. The van der Waals surface area contributed by atoms with Crippen LogP contribution >= 0.6 is 0 Å². The fourth-order valence-electron chi connectivity index (χ4n) is 5.71. The molecule has 0 unspecified atom stereocenters. The van der Waals surface area contributed by atoms with Gasteiger partial charge in [-0.25, -0.2) is 14.0 Å². The van der Waals surface area contributed by atoms with E-state index in [1.807, 2.05) is 57.2 Å². The monoisotopic (exact) mass is 553 g/mol. The number of rotatable bonds is 5. The molecule has 8 nitrogen and oxygen atoms in total. The van der Waals surface area contributed by atoms with E-state index < -0.39 is 5.60 Å². The van der Waals surface area contributed by atoms with Crippen molar-refractivity contribution < 1.29 is 28.2 Å². The number of nitrogens with zero attached hydrogens (tertiary/aromatic N) is 3. The van der Waals surface area contributed by atoms with E-state index in [4.69, 9.17) is 14.2 Å². The molecule has 3 fully saturated rings. The Labute approximate surface area is 236 Å². The Morgan fingerprint density at radius 3 is 2.23 bits per heavy atom. The van der Waals surface area contributed by atoms with Crippen LogP contribution < -0.4 is 9.64 Å². The van der Waals surface area contributed by atoms with Gasteiger partial charge in [-0.15, -0.1) is 0 Å². The number of ether oxygens (including phenoxy) is 3. The molecular weight excluding hydrogens is 513 g/mol. The van der Waals surface area contributed by atoms with Crippen LogP contribution in [0.2, 0.25) is 0 Å². The third kappa shape index (κ3) is 6.98. The van der Waals surface area contributed by atoms with Crippen molar-refractivity contribution >= 4 is 17.9 Å². The van der Waals surface area contributed by atoms with Crippen molar-refractivity contribution in [3.63, 3.8) is 0 Å². The normalized spacial score (nSPS) is 19.2. The molecule has 3 saturated heterocycles. The summed E-state index contributed by atoms with van der Waals surface area (Å²) in [5.74, 6) is 0.191. The van der Waals surface area contributed by atoms with Crippen molar-refractivity contribution in [2.24, 2.45) is 5.41 Å². The Morgan fingerprint density at radius 1 is 0.925 bits per heavy atom. The van der Waals surface area contributed by atoms with Crippen molar-refractivity contribution in [2.45, 2.75) is 64.8 Å². The zero-order chi connectivity index (χ0) is 28.3. The van der Waals surface area contributed by atoms with Gasteiger partial charge in [0.25, 0.3) is 0 Å². The Balaban J connectivity index is 1.08. The second-order valence-electron chi connectivity index (χ2n) is 12.3. The third-order valence-electron chi connectivity index (χ3n) is 7.96. The SMILES string of the molecule is CC(C)(C)OC(=O)N1CCC2(CC1)CN(c1cc(F)cc(OC3CCN(C(=O)OCc4ccccc4)CC3)c1)C2. The lowest BCUT2D eigenvalue weighted by Gasteiger charge is -2.55. The summed E-state index contributed by atoms with van der Waals surface area (Å²) in [6.07, 6.45) is 2.48. The molecule has 0 saturated carbocycles. The van der Waals surface area contributed by atoms with E-state index in [0.29, 0.717) is 44.8 Å². The molecule has 2 aromatic carbocycles. The molecule has 5 rings (SSSR count). The van der Waals surface area contributed by atoms with Gasteiger partial charge in [0.15, 0.2) is 0 Å². The lowest BCUT2D eigenvalue weighted by molar-refractivity contribution is 0.00593. The molecule has 216 valence electrons. The van der Waals surface area contributed by atoms with Gasteiger partial charge in [0, 0.05) is 75.3 Å². The molecule has 0 radical (unpaired) electrons. The largest absolute Gasteiger partial charge is 0.490 e. The summed E-state index contributed by atoms with van der Waals surface area (Å²) in [4.78, 5) is 30.5. The van der Waals surface area contributed by atoms with Crippen molar-refractivity contribution in [3.8, 4) is 5.75 Å². The lowest BCUT2D eigenvalue weighted by Crippen LogP contribution is -2.61. The third-order valence-corrected chi connectivity index (χ3v) is 7.96. The number of hydrogen-bond acceptors (Lipinski definition) is 6. The van der Waals surface area contributed by atoms with Crippen LogP contribution in [0, 0.1) is 11.2 Å². The van der Waals surface area contributed by atoms with Crippen LogP contribution in [0.25, 0.3) is 0 Å². The Morgan fingerprint density at radius 2 is 1.57 bits per heavy atom. The number of amides is 2. The van der Waals surface area contributed by atoms with Crippen LogP contribution in [-0.4, -0.2) is 73.0 Å². The van der Waals surface area contributed by atoms with E-state index in [9.17, 15) is 14.0 Å². The van der Waals surface area contributed by atoms with E-state index in [0.717, 1.165) is 37.2 Å². The molecule has 0 atom stereocenters. The van der Waals surface area contributed by atoms with Crippen molar-refractivity contribution in [3.05, 3.63) is 59.9 Å². The van der Waals surface area contributed by atoms with Gasteiger partial charge < -0.3 is 28.9 Å². The first kappa shape index (κ1) is 28.1. The molecule has 0 N–H and O–H groups in total. The fraction of sp³-hybridized carbons (Fsp3) is 0.548. The predicted molar refractivity (Wildman–Crippen MR) is 150 cm³/mol. The molecule has 0 bridgehead atoms. The molecule has 0 aromatic heterocycles. The van der Waals surface area contributed by atoms with Gasteiger partial charge in [0.05, 0.1) is 0 Å². The zero-order valence-electron chi connectivity index (χ0n) is 23.7. The van der Waals surface area contributed by atoms with Crippen LogP contribution in [0.1, 0.15) is 52.0 Å². The predicted octanol–water partition coefficient (Wildman–Crippen LogP) is 5.84. The molecule has 3 aliphatic heterocycles. The number of halogens is 1. The number of likely N-dealkylation sites (tertiary alicyclic amines) is 2. The number of anilines is 1. The summed E-state index contributed by atoms with van der Waals surface area (Å²) in [6, 6.07) is 14.5. The van der Waals surface area contributed by atoms with E-state index in [-0.39, 0.29) is 36.1 Å². The highest BCUT2D eigenvalue weighted by atomic mass is 19.1. The summed E-state index contributed by atoms with van der Waals surface area (Å²) in [5.41, 5.74) is 1.42. The summed E-state index contributed by atoms with van der Waals surface area (Å²) < 4.78 is 31.7. The highest BCUT2D eigenvalue weighted by Gasteiger charge is 2.46. The minimum atomic E-state index is -0.498. The van der Waals surface area contributed by atoms with Crippen LogP contribution in [-0.2, 0) is 16.1 Å². The van der Waals surface area contributed by atoms with Crippen LogP contribution in [0.15, 0.2) is 48.5 Å². The number of hydrogen-bond donors (Lipinski definition) is 0. The second kappa shape index (κ2) is 11.6. The Bertz CT molecular complexity index is 1180. The molecule has 2 aromatic rings. The molecule has 1 spiro atoms. The van der Waals surface area contributed by atoms with Crippen LogP contribution in [0.5, 0.6) is 5.75 Å². The first-order valence-corrected chi connectivity index (χ1v) is 14.2. The summed E-state index contributed by atoms with van der Waals surface area (Å²) in [7, 11) is 0. The number of carbonyl (C=O) groups is 2. The van der Waals surface area contributed by atoms with Gasteiger partial charge in [-0.05, 0) is 45.2 Å². The molecule has 2 amide bonds. The average Bonchev–Trinajstić information content (AvgIpc) is 2.90. The van der Waals surface area contributed by atoms with Gasteiger partial charge in [-0.3, -0.25) is 0 Å². The van der Waals surface area contributed by atoms with Gasteiger partial charge in [0.2, 0.25) is 0 Å². The molecule has 40 heavy (non-hydrogen) atoms. The maximum atomic E-state index is 14.6. The molecule has 3 heterocycles. The fourth-order valence-corrected chi connectivity index (χ4v) is 5.71. The lowest BCUT2D eigenvalue weighted by atomic mass is 9.72.